The number of nitrogens with zero attached hydrogens (tertiary/aromatic N) is 3. The third kappa shape index (κ3) is 2.95. The lowest BCUT2D eigenvalue weighted by Gasteiger charge is -2.23. The van der Waals surface area contributed by atoms with Crippen LogP contribution in [0.5, 0.6) is 0 Å². The minimum Gasteiger partial charge on any atom is -0.449 e. The van der Waals surface area contributed by atoms with E-state index in [-0.39, 0.29) is 18.3 Å². The van der Waals surface area contributed by atoms with Gasteiger partial charge in [-0.15, -0.1) is 0 Å². The fourth-order valence-electron chi connectivity index (χ4n) is 3.39. The summed E-state index contributed by atoms with van der Waals surface area (Å²) in [5.74, 6) is -0.210. The van der Waals surface area contributed by atoms with Gasteiger partial charge in [0.25, 0.3) is 5.91 Å². The lowest BCUT2D eigenvalue weighted by Crippen LogP contribution is -2.40. The number of nitrogens with one attached hydrogen (secondary N) is 1. The summed E-state index contributed by atoms with van der Waals surface area (Å²) >= 11 is 0. The van der Waals surface area contributed by atoms with E-state index in [1.54, 1.807) is 11.4 Å². The van der Waals surface area contributed by atoms with Crippen LogP contribution >= 0.6 is 0 Å². The molecule has 7 heteroatoms. The highest BCUT2D eigenvalue weighted by Gasteiger charge is 2.43. The molecular formula is C20H20N4O3. The molecule has 3 heterocycles. The largest absolute Gasteiger partial charge is 0.449 e. The first kappa shape index (κ1) is 17.2. The molecule has 1 saturated heterocycles. The number of benzene rings is 1. The van der Waals surface area contributed by atoms with Crippen LogP contribution in [0.4, 0.5) is 5.82 Å². The van der Waals surface area contributed by atoms with Crippen LogP contribution in [0.1, 0.15) is 31.2 Å². The van der Waals surface area contributed by atoms with Gasteiger partial charge < -0.3 is 10.1 Å². The van der Waals surface area contributed by atoms with E-state index in [1.807, 2.05) is 50.2 Å². The molecule has 27 heavy (non-hydrogen) atoms. The number of amides is 1. The summed E-state index contributed by atoms with van der Waals surface area (Å²) in [5, 5.41) is 7.44. The minimum absolute atomic E-state index is 0.237. The van der Waals surface area contributed by atoms with E-state index >= 15 is 0 Å². The fourth-order valence-corrected chi connectivity index (χ4v) is 3.39. The first-order valence-electron chi connectivity index (χ1n) is 8.83. The van der Waals surface area contributed by atoms with Gasteiger partial charge in [-0.25, -0.2) is 4.98 Å². The summed E-state index contributed by atoms with van der Waals surface area (Å²) in [6, 6.07) is 11.6. The number of carbonyl (C=O) groups is 2. The Morgan fingerprint density at radius 2 is 2.00 bits per heavy atom. The highest BCUT2D eigenvalue weighted by atomic mass is 16.6. The van der Waals surface area contributed by atoms with Gasteiger partial charge in [-0.05, 0) is 26.3 Å². The lowest BCUT2D eigenvalue weighted by atomic mass is 10.0. The van der Waals surface area contributed by atoms with Crippen LogP contribution in [-0.2, 0) is 14.3 Å². The zero-order valence-electron chi connectivity index (χ0n) is 15.4. The monoisotopic (exact) mass is 364 g/mol. The van der Waals surface area contributed by atoms with Gasteiger partial charge in [-0.2, -0.15) is 9.61 Å². The number of aromatic nitrogens is 3. The topological polar surface area (TPSA) is 85.6 Å². The number of anilines is 1. The SMILES string of the molecule is Cc1cc2nc(C)c(-c3ccccc3)c(NC(=O)C3(C)CCC(=O)O3)n2n1. The van der Waals surface area contributed by atoms with E-state index in [4.69, 9.17) is 4.74 Å². The molecule has 1 amide bonds. The smallest absolute Gasteiger partial charge is 0.307 e. The van der Waals surface area contributed by atoms with Crippen molar-refractivity contribution in [2.75, 3.05) is 5.32 Å². The molecule has 138 valence electrons. The number of carbonyl (C=O) groups excluding carboxylic acids is 2. The van der Waals surface area contributed by atoms with Gasteiger partial charge in [0.1, 0.15) is 5.82 Å². The van der Waals surface area contributed by atoms with Gasteiger partial charge >= 0.3 is 5.97 Å². The molecule has 3 aromatic rings. The molecule has 1 aromatic carbocycles. The zero-order chi connectivity index (χ0) is 19.2. The number of cyclic esters (lactones) is 1. The van der Waals surface area contributed by atoms with Crippen molar-refractivity contribution in [1.29, 1.82) is 0 Å². The highest BCUT2D eigenvalue weighted by Crippen LogP contribution is 2.33. The van der Waals surface area contributed by atoms with Crippen LogP contribution in [0.2, 0.25) is 0 Å². The molecule has 7 nitrogen and oxygen atoms in total. The normalized spacial score (nSPS) is 19.3. The van der Waals surface area contributed by atoms with E-state index < -0.39 is 5.60 Å². The van der Waals surface area contributed by atoms with Crippen LogP contribution in [0.3, 0.4) is 0 Å². The number of hydrogen-bond donors (Lipinski definition) is 1. The summed E-state index contributed by atoms with van der Waals surface area (Å²) in [7, 11) is 0. The van der Waals surface area contributed by atoms with Gasteiger partial charge in [0, 0.05) is 24.5 Å². The summed E-state index contributed by atoms with van der Waals surface area (Å²) in [5.41, 5.74) is 2.73. The van der Waals surface area contributed by atoms with E-state index in [9.17, 15) is 9.59 Å². The second-order valence-electron chi connectivity index (χ2n) is 7.00. The van der Waals surface area contributed by atoms with E-state index in [0.717, 1.165) is 22.5 Å². The highest BCUT2D eigenvalue weighted by molar-refractivity contribution is 6.02. The van der Waals surface area contributed by atoms with Crippen LogP contribution in [0.15, 0.2) is 36.4 Å². The molecular weight excluding hydrogens is 344 g/mol. The Morgan fingerprint density at radius 1 is 1.26 bits per heavy atom. The maximum absolute atomic E-state index is 13.0. The molecule has 1 N–H and O–H groups in total. The Morgan fingerprint density at radius 3 is 2.67 bits per heavy atom. The number of hydrogen-bond acceptors (Lipinski definition) is 5. The molecule has 0 aliphatic carbocycles. The third-order valence-electron chi connectivity index (χ3n) is 4.83. The van der Waals surface area contributed by atoms with Crippen LogP contribution in [-0.4, -0.2) is 32.1 Å². The van der Waals surface area contributed by atoms with Crippen molar-refractivity contribution in [3.63, 3.8) is 0 Å². The molecule has 1 atom stereocenters. The van der Waals surface area contributed by atoms with Gasteiger partial charge in [0.2, 0.25) is 0 Å². The minimum atomic E-state index is -1.18. The fraction of sp³-hybridized carbons (Fsp3) is 0.300. The zero-order valence-corrected chi connectivity index (χ0v) is 15.4. The van der Waals surface area contributed by atoms with Gasteiger partial charge in [0.05, 0.1) is 11.4 Å². The van der Waals surface area contributed by atoms with Crippen molar-refractivity contribution in [2.45, 2.75) is 39.2 Å². The van der Waals surface area contributed by atoms with Crippen LogP contribution in [0.25, 0.3) is 16.8 Å². The average molecular weight is 364 g/mol. The summed E-state index contributed by atoms with van der Waals surface area (Å²) in [4.78, 5) is 29.2. The van der Waals surface area contributed by atoms with Crippen molar-refractivity contribution in [3.05, 3.63) is 47.8 Å². The molecule has 2 aromatic heterocycles. The quantitative estimate of drug-likeness (QED) is 0.722. The number of rotatable bonds is 3. The molecule has 0 saturated carbocycles. The molecule has 1 unspecified atom stereocenters. The van der Waals surface area contributed by atoms with Gasteiger partial charge in [-0.3, -0.25) is 9.59 Å². The number of aryl methyl sites for hydroxylation is 2. The van der Waals surface area contributed by atoms with Gasteiger partial charge in [0.15, 0.2) is 11.2 Å². The Kier molecular flexibility index (Phi) is 3.95. The van der Waals surface area contributed by atoms with Crippen molar-refractivity contribution < 1.29 is 14.3 Å². The predicted octanol–water partition coefficient (Wildman–Crippen LogP) is 3.05. The third-order valence-corrected chi connectivity index (χ3v) is 4.83. The van der Waals surface area contributed by atoms with Crippen molar-refractivity contribution in [1.82, 2.24) is 14.6 Å². The van der Waals surface area contributed by atoms with Crippen LogP contribution in [0, 0.1) is 13.8 Å². The van der Waals surface area contributed by atoms with Crippen molar-refractivity contribution >= 4 is 23.3 Å². The Labute approximate surface area is 156 Å². The maximum atomic E-state index is 13.0. The number of esters is 1. The Balaban J connectivity index is 1.87. The molecule has 0 radical (unpaired) electrons. The second-order valence-corrected chi connectivity index (χ2v) is 7.00. The second kappa shape index (κ2) is 6.19. The first-order chi connectivity index (χ1) is 12.9. The van der Waals surface area contributed by atoms with Crippen LogP contribution < -0.4 is 5.32 Å². The number of fused-ring (bicyclic) bond motifs is 1. The molecule has 1 aliphatic rings. The molecule has 0 spiro atoms. The van der Waals surface area contributed by atoms with Crippen molar-refractivity contribution in [2.24, 2.45) is 0 Å². The number of ether oxygens (including phenoxy) is 1. The first-order valence-corrected chi connectivity index (χ1v) is 8.83. The molecule has 1 fully saturated rings. The summed E-state index contributed by atoms with van der Waals surface area (Å²) in [6.07, 6.45) is 0.588. The Bertz CT molecular complexity index is 1060. The van der Waals surface area contributed by atoms with E-state index in [1.165, 1.54) is 0 Å². The predicted molar refractivity (Wildman–Crippen MR) is 100 cm³/mol. The average Bonchev–Trinajstić information content (AvgIpc) is 3.17. The maximum Gasteiger partial charge on any atom is 0.307 e. The van der Waals surface area contributed by atoms with E-state index in [2.05, 4.69) is 15.4 Å². The summed E-state index contributed by atoms with van der Waals surface area (Å²) < 4.78 is 6.91. The van der Waals surface area contributed by atoms with E-state index in [0.29, 0.717) is 17.9 Å². The van der Waals surface area contributed by atoms with Crippen molar-refractivity contribution in [3.8, 4) is 11.1 Å². The molecule has 0 bridgehead atoms. The standard InChI is InChI=1S/C20H20N4O3/c1-12-11-15-21-13(2)17(14-7-5-4-6-8-14)18(24(15)23-12)22-19(26)20(3)10-9-16(25)27-20/h4-8,11H,9-10H2,1-3H3,(H,22,26). The lowest BCUT2D eigenvalue weighted by molar-refractivity contribution is -0.154. The summed E-state index contributed by atoms with van der Waals surface area (Å²) in [6.45, 7) is 5.41. The van der Waals surface area contributed by atoms with Gasteiger partial charge in [-0.1, -0.05) is 30.3 Å². The molecule has 4 rings (SSSR count). The molecule has 1 aliphatic heterocycles. The Hall–Kier alpha value is -3.22.